The van der Waals surface area contributed by atoms with E-state index in [0.29, 0.717) is 12.8 Å². The van der Waals surface area contributed by atoms with Gasteiger partial charge in [-0.15, -0.1) is 0 Å². The first-order valence-corrected chi connectivity index (χ1v) is 9.56. The molecule has 25 heavy (non-hydrogen) atoms. The topological polar surface area (TPSA) is 61.8 Å². The Hall–Kier alpha value is -1.43. The van der Waals surface area contributed by atoms with Crippen LogP contribution < -0.4 is 5.32 Å². The minimum Gasteiger partial charge on any atom is -0.390 e. The molecule has 1 aromatic carbocycles. The third-order valence-corrected chi connectivity index (χ3v) is 6.23. The number of nitrogens with zero attached hydrogens (tertiary/aromatic N) is 1. The fraction of sp³-hybridized carbons (Fsp3) is 0.650. The van der Waals surface area contributed by atoms with Crippen LogP contribution in [0.4, 0.5) is 0 Å². The molecule has 136 valence electrons. The Morgan fingerprint density at radius 3 is 2.72 bits per heavy atom. The first-order valence-electron chi connectivity index (χ1n) is 9.56. The molecular weight excluding hydrogens is 316 g/mol. The van der Waals surface area contributed by atoms with Gasteiger partial charge in [0.05, 0.1) is 25.4 Å². The second-order valence-electron chi connectivity index (χ2n) is 7.72. The smallest absolute Gasteiger partial charge is 0.222 e. The number of fused-ring (bicyclic) bond motifs is 1. The van der Waals surface area contributed by atoms with Gasteiger partial charge in [0.2, 0.25) is 5.91 Å². The SMILES string of the molecule is O=C(CC1(N2CCOCC2)CCCC1)NC1c2ccccc2CC1O. The normalized spacial score (nSPS) is 28.7. The average Bonchev–Trinajstić information content (AvgIpc) is 3.22. The molecule has 2 aliphatic carbocycles. The van der Waals surface area contributed by atoms with E-state index in [1.165, 1.54) is 12.8 Å². The fourth-order valence-corrected chi connectivity index (χ4v) is 4.95. The second-order valence-corrected chi connectivity index (χ2v) is 7.72. The van der Waals surface area contributed by atoms with Gasteiger partial charge in [-0.2, -0.15) is 0 Å². The predicted molar refractivity (Wildman–Crippen MR) is 95.2 cm³/mol. The number of hydrogen-bond acceptors (Lipinski definition) is 4. The van der Waals surface area contributed by atoms with Gasteiger partial charge in [0, 0.05) is 31.5 Å². The van der Waals surface area contributed by atoms with Crippen molar-refractivity contribution in [3.8, 4) is 0 Å². The minimum absolute atomic E-state index is 0.0169. The number of carbonyl (C=O) groups is 1. The lowest BCUT2D eigenvalue weighted by atomic mass is 9.89. The molecule has 2 atom stereocenters. The molecule has 5 nitrogen and oxygen atoms in total. The van der Waals surface area contributed by atoms with Crippen molar-refractivity contribution in [3.63, 3.8) is 0 Å². The van der Waals surface area contributed by atoms with Crippen molar-refractivity contribution < 1.29 is 14.6 Å². The maximum Gasteiger partial charge on any atom is 0.222 e. The molecule has 2 fully saturated rings. The van der Waals surface area contributed by atoms with Gasteiger partial charge in [0.1, 0.15) is 0 Å². The maximum atomic E-state index is 12.9. The Kier molecular flexibility index (Phi) is 4.80. The van der Waals surface area contributed by atoms with Gasteiger partial charge in [-0.05, 0) is 24.0 Å². The van der Waals surface area contributed by atoms with Crippen LogP contribution in [-0.2, 0) is 16.0 Å². The van der Waals surface area contributed by atoms with Gasteiger partial charge in [-0.25, -0.2) is 0 Å². The van der Waals surface area contributed by atoms with Crippen LogP contribution in [0.25, 0.3) is 0 Å². The number of rotatable bonds is 4. The summed E-state index contributed by atoms with van der Waals surface area (Å²) in [5.41, 5.74) is 2.19. The van der Waals surface area contributed by atoms with E-state index in [2.05, 4.69) is 10.2 Å². The van der Waals surface area contributed by atoms with E-state index in [1.807, 2.05) is 24.3 Å². The highest BCUT2D eigenvalue weighted by atomic mass is 16.5. The number of hydrogen-bond donors (Lipinski definition) is 2. The van der Waals surface area contributed by atoms with E-state index in [1.54, 1.807) is 0 Å². The number of amides is 1. The molecule has 1 saturated heterocycles. The van der Waals surface area contributed by atoms with Crippen molar-refractivity contribution in [2.45, 2.75) is 56.2 Å². The molecule has 1 heterocycles. The van der Waals surface area contributed by atoms with Crippen LogP contribution in [0.2, 0.25) is 0 Å². The molecule has 1 amide bonds. The average molecular weight is 344 g/mol. The highest BCUT2D eigenvalue weighted by molar-refractivity contribution is 5.78. The first kappa shape index (κ1) is 17.0. The molecule has 4 rings (SSSR count). The molecule has 1 saturated carbocycles. The molecule has 5 heteroatoms. The summed E-state index contributed by atoms with van der Waals surface area (Å²) in [5.74, 6) is 0.0640. The summed E-state index contributed by atoms with van der Waals surface area (Å²) in [7, 11) is 0. The van der Waals surface area contributed by atoms with Crippen molar-refractivity contribution in [1.82, 2.24) is 10.2 Å². The Morgan fingerprint density at radius 1 is 1.24 bits per heavy atom. The van der Waals surface area contributed by atoms with Crippen LogP contribution in [0, 0.1) is 0 Å². The first-order chi connectivity index (χ1) is 12.2. The highest BCUT2D eigenvalue weighted by Gasteiger charge is 2.42. The van der Waals surface area contributed by atoms with E-state index in [4.69, 9.17) is 4.74 Å². The zero-order valence-electron chi connectivity index (χ0n) is 14.7. The summed E-state index contributed by atoms with van der Waals surface area (Å²) >= 11 is 0. The number of aliphatic hydroxyl groups excluding tert-OH is 1. The van der Waals surface area contributed by atoms with Gasteiger partial charge in [0.15, 0.2) is 0 Å². The maximum absolute atomic E-state index is 12.9. The number of aliphatic hydroxyl groups is 1. The van der Waals surface area contributed by atoms with Crippen molar-refractivity contribution >= 4 is 5.91 Å². The number of nitrogens with one attached hydrogen (secondary N) is 1. The van der Waals surface area contributed by atoms with Crippen molar-refractivity contribution in [2.75, 3.05) is 26.3 Å². The van der Waals surface area contributed by atoms with E-state index in [0.717, 1.165) is 50.3 Å². The van der Waals surface area contributed by atoms with Gasteiger partial charge in [-0.3, -0.25) is 9.69 Å². The summed E-state index contributed by atoms with van der Waals surface area (Å²) in [5, 5.41) is 13.5. The van der Waals surface area contributed by atoms with Crippen molar-refractivity contribution in [3.05, 3.63) is 35.4 Å². The Balaban J connectivity index is 1.45. The number of morpholine rings is 1. The largest absolute Gasteiger partial charge is 0.390 e. The molecule has 2 unspecified atom stereocenters. The molecule has 0 radical (unpaired) electrons. The lowest BCUT2D eigenvalue weighted by Crippen LogP contribution is -2.54. The Bertz CT molecular complexity index is 621. The number of ether oxygens (including phenoxy) is 1. The van der Waals surface area contributed by atoms with Crippen LogP contribution >= 0.6 is 0 Å². The number of carbonyl (C=O) groups excluding carboxylic acids is 1. The van der Waals surface area contributed by atoms with E-state index < -0.39 is 6.10 Å². The molecule has 3 aliphatic rings. The lowest BCUT2D eigenvalue weighted by molar-refractivity contribution is -0.127. The molecule has 0 bridgehead atoms. The zero-order valence-corrected chi connectivity index (χ0v) is 14.7. The quantitative estimate of drug-likeness (QED) is 0.874. The van der Waals surface area contributed by atoms with Crippen molar-refractivity contribution in [2.24, 2.45) is 0 Å². The van der Waals surface area contributed by atoms with Crippen LogP contribution in [-0.4, -0.2) is 53.9 Å². The Morgan fingerprint density at radius 2 is 1.96 bits per heavy atom. The third kappa shape index (κ3) is 3.33. The lowest BCUT2D eigenvalue weighted by Gasteiger charge is -2.43. The van der Waals surface area contributed by atoms with E-state index in [-0.39, 0.29) is 17.5 Å². The molecule has 2 N–H and O–H groups in total. The van der Waals surface area contributed by atoms with Crippen LogP contribution in [0.15, 0.2) is 24.3 Å². The highest BCUT2D eigenvalue weighted by Crippen LogP contribution is 2.39. The predicted octanol–water partition coefficient (Wildman–Crippen LogP) is 1.80. The summed E-state index contributed by atoms with van der Waals surface area (Å²) in [6.07, 6.45) is 5.19. The second kappa shape index (κ2) is 7.06. The summed E-state index contributed by atoms with van der Waals surface area (Å²) in [4.78, 5) is 15.4. The zero-order chi connectivity index (χ0) is 17.3. The van der Waals surface area contributed by atoms with Crippen LogP contribution in [0.1, 0.15) is 49.3 Å². The molecule has 1 aromatic rings. The van der Waals surface area contributed by atoms with E-state index >= 15 is 0 Å². The number of benzene rings is 1. The van der Waals surface area contributed by atoms with E-state index in [9.17, 15) is 9.90 Å². The van der Waals surface area contributed by atoms with Crippen LogP contribution in [0.5, 0.6) is 0 Å². The summed E-state index contributed by atoms with van der Waals surface area (Å²) in [6.45, 7) is 3.36. The molecule has 0 aromatic heterocycles. The third-order valence-electron chi connectivity index (χ3n) is 6.23. The fourth-order valence-electron chi connectivity index (χ4n) is 4.95. The standard InChI is InChI=1S/C20H28N2O3/c23-17-13-15-5-1-2-6-16(15)19(17)21-18(24)14-20(7-3-4-8-20)22-9-11-25-12-10-22/h1-2,5-6,17,19,23H,3-4,7-14H2,(H,21,24). The van der Waals surface area contributed by atoms with Gasteiger partial charge in [0.25, 0.3) is 0 Å². The Labute approximate surface area is 149 Å². The van der Waals surface area contributed by atoms with Gasteiger partial charge in [-0.1, -0.05) is 37.1 Å². The summed E-state index contributed by atoms with van der Waals surface area (Å²) in [6, 6.07) is 7.75. The molecule has 0 spiro atoms. The van der Waals surface area contributed by atoms with Crippen molar-refractivity contribution in [1.29, 1.82) is 0 Å². The van der Waals surface area contributed by atoms with Crippen LogP contribution in [0.3, 0.4) is 0 Å². The van der Waals surface area contributed by atoms with Gasteiger partial charge < -0.3 is 15.2 Å². The minimum atomic E-state index is -0.524. The monoisotopic (exact) mass is 344 g/mol. The van der Waals surface area contributed by atoms with Gasteiger partial charge >= 0.3 is 0 Å². The molecule has 1 aliphatic heterocycles. The summed E-state index contributed by atoms with van der Waals surface area (Å²) < 4.78 is 5.49. The molecular formula is C20H28N2O3.